The predicted octanol–water partition coefficient (Wildman–Crippen LogP) is 1.05. The Bertz CT molecular complexity index is 366. The van der Waals surface area contributed by atoms with E-state index in [0.29, 0.717) is 6.42 Å². The number of hydrogen-bond acceptors (Lipinski definition) is 4. The molecule has 0 amide bonds. The molecule has 1 fully saturated rings. The van der Waals surface area contributed by atoms with Crippen molar-refractivity contribution in [3.8, 4) is 0 Å². The minimum Gasteiger partial charge on any atom is -0.460 e. The van der Waals surface area contributed by atoms with Crippen molar-refractivity contribution in [2.45, 2.75) is 25.7 Å². The van der Waals surface area contributed by atoms with Crippen LogP contribution in [0.5, 0.6) is 0 Å². The molecule has 0 radical (unpaired) electrons. The first-order valence-electron chi connectivity index (χ1n) is 5.89. The molecule has 0 aliphatic carbocycles. The molecule has 4 nitrogen and oxygen atoms in total. The molecule has 4 heteroatoms. The number of ether oxygens (including phenoxy) is 1. The fourth-order valence-electron chi connectivity index (χ4n) is 1.95. The average molecular weight is 235 g/mol. The Hall–Kier alpha value is -1.39. The summed E-state index contributed by atoms with van der Waals surface area (Å²) in [6.07, 6.45) is 0.802. The zero-order valence-corrected chi connectivity index (χ0v) is 9.63. The van der Waals surface area contributed by atoms with Crippen molar-refractivity contribution in [1.29, 1.82) is 0 Å². The number of esters is 1. The molecule has 1 aromatic rings. The average Bonchev–Trinajstić information content (AvgIpc) is 2.38. The molecule has 1 aliphatic heterocycles. The van der Waals surface area contributed by atoms with Crippen LogP contribution in [0, 0.1) is 5.92 Å². The van der Waals surface area contributed by atoms with Crippen LogP contribution >= 0.6 is 0 Å². The lowest BCUT2D eigenvalue weighted by Crippen LogP contribution is -2.45. The molecule has 2 unspecified atom stereocenters. The number of rotatable bonds is 3. The Morgan fingerprint density at radius 3 is 2.88 bits per heavy atom. The van der Waals surface area contributed by atoms with Gasteiger partial charge in [0, 0.05) is 0 Å². The Balaban J connectivity index is 1.84. The van der Waals surface area contributed by atoms with Crippen molar-refractivity contribution in [3.63, 3.8) is 0 Å². The first-order valence-corrected chi connectivity index (χ1v) is 5.89. The van der Waals surface area contributed by atoms with Gasteiger partial charge in [-0.3, -0.25) is 10.1 Å². The number of hydrogen-bond donors (Lipinski definition) is 2. The van der Waals surface area contributed by atoms with E-state index >= 15 is 0 Å². The highest BCUT2D eigenvalue weighted by molar-refractivity contribution is 5.73. The van der Waals surface area contributed by atoms with E-state index in [0.717, 1.165) is 18.5 Å². The molecule has 0 saturated carbocycles. The van der Waals surface area contributed by atoms with E-state index in [-0.39, 0.29) is 12.6 Å². The lowest BCUT2D eigenvalue weighted by atomic mass is 9.98. The van der Waals surface area contributed by atoms with E-state index in [1.54, 1.807) is 0 Å². The lowest BCUT2D eigenvalue weighted by molar-refractivity contribution is -0.156. The third-order valence-corrected chi connectivity index (χ3v) is 2.95. The van der Waals surface area contributed by atoms with Gasteiger partial charge in [0.2, 0.25) is 0 Å². The maximum Gasteiger partial charge on any atom is 0.313 e. The molecular formula is C13H17NO3. The molecule has 2 N–H and O–H groups in total. The van der Waals surface area contributed by atoms with Gasteiger partial charge in [-0.1, -0.05) is 30.3 Å². The van der Waals surface area contributed by atoms with Crippen LogP contribution < -0.4 is 5.32 Å². The van der Waals surface area contributed by atoms with Crippen LogP contribution in [-0.2, 0) is 16.1 Å². The molecule has 0 aromatic heterocycles. The molecule has 17 heavy (non-hydrogen) atoms. The Morgan fingerprint density at radius 1 is 1.41 bits per heavy atom. The number of nitrogens with one attached hydrogen (secondary N) is 1. The molecule has 2 rings (SSSR count). The van der Waals surface area contributed by atoms with Crippen molar-refractivity contribution >= 4 is 5.97 Å². The van der Waals surface area contributed by atoms with E-state index in [4.69, 9.17) is 4.74 Å². The van der Waals surface area contributed by atoms with Crippen molar-refractivity contribution in [3.05, 3.63) is 35.9 Å². The third-order valence-electron chi connectivity index (χ3n) is 2.95. The monoisotopic (exact) mass is 235 g/mol. The number of aliphatic hydroxyl groups excluding tert-OH is 1. The molecule has 1 saturated heterocycles. The van der Waals surface area contributed by atoms with Crippen LogP contribution in [0.1, 0.15) is 18.4 Å². The minimum atomic E-state index is -0.771. The summed E-state index contributed by atoms with van der Waals surface area (Å²) < 4.78 is 5.20. The van der Waals surface area contributed by atoms with Gasteiger partial charge in [-0.25, -0.2) is 0 Å². The number of aliphatic hydroxyl groups is 1. The summed E-state index contributed by atoms with van der Waals surface area (Å²) in [5.41, 5.74) is 0.958. The summed E-state index contributed by atoms with van der Waals surface area (Å²) in [6.45, 7) is 1.02. The number of carbonyl (C=O) groups is 1. The van der Waals surface area contributed by atoms with Crippen LogP contribution in [-0.4, -0.2) is 23.8 Å². The molecule has 2 atom stereocenters. The van der Waals surface area contributed by atoms with Crippen LogP contribution in [0.2, 0.25) is 0 Å². The van der Waals surface area contributed by atoms with E-state index in [9.17, 15) is 9.90 Å². The maximum absolute atomic E-state index is 11.8. The zero-order valence-electron chi connectivity index (χ0n) is 9.63. The normalized spacial score (nSPS) is 24.3. The molecule has 92 valence electrons. The van der Waals surface area contributed by atoms with Gasteiger partial charge in [-0.2, -0.15) is 0 Å². The molecule has 1 heterocycles. The summed E-state index contributed by atoms with van der Waals surface area (Å²) in [5, 5.41) is 12.5. The smallest absolute Gasteiger partial charge is 0.313 e. The molecular weight excluding hydrogens is 218 g/mol. The highest BCUT2D eigenvalue weighted by Crippen LogP contribution is 2.17. The Labute approximate surface area is 101 Å². The third kappa shape index (κ3) is 3.28. The topological polar surface area (TPSA) is 58.6 Å². The molecule has 0 bridgehead atoms. The van der Waals surface area contributed by atoms with Gasteiger partial charge in [0.1, 0.15) is 12.8 Å². The van der Waals surface area contributed by atoms with Crippen LogP contribution in [0.3, 0.4) is 0 Å². The zero-order chi connectivity index (χ0) is 12.1. The highest BCUT2D eigenvalue weighted by Gasteiger charge is 2.30. The van der Waals surface area contributed by atoms with Crippen molar-refractivity contribution in [2.24, 2.45) is 5.92 Å². The van der Waals surface area contributed by atoms with E-state index in [1.807, 2.05) is 30.3 Å². The fourth-order valence-corrected chi connectivity index (χ4v) is 1.95. The summed E-state index contributed by atoms with van der Waals surface area (Å²) in [4.78, 5) is 11.8. The molecule has 1 aliphatic rings. The van der Waals surface area contributed by atoms with E-state index in [2.05, 4.69) is 5.32 Å². The van der Waals surface area contributed by atoms with Gasteiger partial charge < -0.3 is 9.84 Å². The number of carbonyl (C=O) groups excluding carboxylic acids is 1. The van der Waals surface area contributed by atoms with E-state index < -0.39 is 12.1 Å². The van der Waals surface area contributed by atoms with Gasteiger partial charge in [-0.15, -0.1) is 0 Å². The first kappa shape index (κ1) is 12.1. The quantitative estimate of drug-likeness (QED) is 0.769. The summed E-state index contributed by atoms with van der Waals surface area (Å²) >= 11 is 0. The first-order chi connectivity index (χ1) is 8.27. The van der Waals surface area contributed by atoms with Crippen LogP contribution in [0.4, 0.5) is 0 Å². The summed E-state index contributed by atoms with van der Waals surface area (Å²) in [7, 11) is 0. The largest absolute Gasteiger partial charge is 0.460 e. The summed E-state index contributed by atoms with van der Waals surface area (Å²) in [6, 6.07) is 9.53. The molecule has 1 aromatic carbocycles. The van der Waals surface area contributed by atoms with Crippen molar-refractivity contribution < 1.29 is 14.6 Å². The number of piperidine rings is 1. The maximum atomic E-state index is 11.8. The second-order valence-electron chi connectivity index (χ2n) is 4.24. The van der Waals surface area contributed by atoms with Crippen LogP contribution in [0.25, 0.3) is 0 Å². The van der Waals surface area contributed by atoms with Crippen molar-refractivity contribution in [2.75, 3.05) is 6.54 Å². The van der Waals surface area contributed by atoms with E-state index in [1.165, 1.54) is 0 Å². The Kier molecular flexibility index (Phi) is 4.12. The SMILES string of the molecule is O=C(OCc1ccccc1)C1CCCNC1O. The predicted molar refractivity (Wildman–Crippen MR) is 63.0 cm³/mol. The van der Waals surface area contributed by atoms with Crippen molar-refractivity contribution in [1.82, 2.24) is 5.32 Å². The van der Waals surface area contributed by atoms with Crippen LogP contribution in [0.15, 0.2) is 30.3 Å². The Morgan fingerprint density at radius 2 is 2.18 bits per heavy atom. The van der Waals surface area contributed by atoms with Gasteiger partial charge in [-0.05, 0) is 24.9 Å². The van der Waals surface area contributed by atoms with Gasteiger partial charge >= 0.3 is 5.97 Å². The van der Waals surface area contributed by atoms with Gasteiger partial charge in [0.25, 0.3) is 0 Å². The lowest BCUT2D eigenvalue weighted by Gasteiger charge is -2.26. The fraction of sp³-hybridized carbons (Fsp3) is 0.462. The molecule has 0 spiro atoms. The minimum absolute atomic E-state index is 0.267. The van der Waals surface area contributed by atoms with Gasteiger partial charge in [0.15, 0.2) is 0 Å². The number of benzene rings is 1. The van der Waals surface area contributed by atoms with Gasteiger partial charge in [0.05, 0.1) is 5.92 Å². The highest BCUT2D eigenvalue weighted by atomic mass is 16.5. The summed E-state index contributed by atoms with van der Waals surface area (Å²) in [5.74, 6) is -0.763. The second kappa shape index (κ2) is 5.80. The second-order valence-corrected chi connectivity index (χ2v) is 4.24. The standard InChI is InChI=1S/C13H17NO3/c15-12-11(7-4-8-14-12)13(16)17-9-10-5-2-1-3-6-10/h1-3,5-6,11-12,14-15H,4,7-9H2.